The SMILES string of the molecule is CC(=O)N(Cc1noc(C)n1)[C@H]1CCN(Cc2nnnn2C2CC2)C1. The van der Waals surface area contributed by atoms with Crippen LogP contribution in [-0.4, -0.2) is 65.2 Å². The first-order valence-electron chi connectivity index (χ1n) is 8.65. The summed E-state index contributed by atoms with van der Waals surface area (Å²) < 4.78 is 6.95. The van der Waals surface area contributed by atoms with E-state index < -0.39 is 0 Å². The molecule has 134 valence electrons. The molecule has 0 spiro atoms. The van der Waals surface area contributed by atoms with E-state index in [0.717, 1.165) is 38.2 Å². The van der Waals surface area contributed by atoms with E-state index in [2.05, 4.69) is 30.6 Å². The van der Waals surface area contributed by atoms with Crippen LogP contribution in [0.3, 0.4) is 0 Å². The van der Waals surface area contributed by atoms with Crippen LogP contribution in [0.4, 0.5) is 0 Å². The van der Waals surface area contributed by atoms with Crippen LogP contribution in [0.1, 0.15) is 49.8 Å². The van der Waals surface area contributed by atoms with Gasteiger partial charge in [0.15, 0.2) is 11.6 Å². The Balaban J connectivity index is 1.39. The summed E-state index contributed by atoms with van der Waals surface area (Å²) in [6.45, 7) is 6.14. The number of carbonyl (C=O) groups is 1. The molecule has 2 aromatic heterocycles. The maximum absolute atomic E-state index is 12.1. The van der Waals surface area contributed by atoms with Gasteiger partial charge < -0.3 is 9.42 Å². The molecule has 1 aliphatic carbocycles. The second-order valence-corrected chi connectivity index (χ2v) is 6.83. The van der Waals surface area contributed by atoms with E-state index in [0.29, 0.717) is 30.8 Å². The van der Waals surface area contributed by atoms with Crippen molar-refractivity contribution in [2.24, 2.45) is 0 Å². The van der Waals surface area contributed by atoms with Crippen molar-refractivity contribution in [2.75, 3.05) is 13.1 Å². The topological polar surface area (TPSA) is 106 Å². The lowest BCUT2D eigenvalue weighted by Gasteiger charge is -2.26. The van der Waals surface area contributed by atoms with E-state index in [1.807, 2.05) is 9.58 Å². The third kappa shape index (κ3) is 3.53. The minimum atomic E-state index is 0.0251. The Morgan fingerprint density at radius 2 is 2.20 bits per heavy atom. The molecule has 10 nitrogen and oxygen atoms in total. The molecule has 2 aliphatic rings. The molecule has 1 aliphatic heterocycles. The molecular formula is C15H22N8O2. The monoisotopic (exact) mass is 346 g/mol. The summed E-state index contributed by atoms with van der Waals surface area (Å²) in [6, 6.07) is 0.611. The fourth-order valence-electron chi connectivity index (χ4n) is 3.38. The molecule has 10 heteroatoms. The first-order valence-corrected chi connectivity index (χ1v) is 8.65. The Labute approximate surface area is 145 Å². The van der Waals surface area contributed by atoms with Gasteiger partial charge >= 0.3 is 0 Å². The van der Waals surface area contributed by atoms with Crippen LogP contribution in [0.5, 0.6) is 0 Å². The minimum Gasteiger partial charge on any atom is -0.340 e. The molecule has 1 saturated heterocycles. The highest BCUT2D eigenvalue weighted by Crippen LogP contribution is 2.34. The molecule has 0 aromatic carbocycles. The molecule has 0 unspecified atom stereocenters. The number of aromatic nitrogens is 6. The zero-order valence-electron chi connectivity index (χ0n) is 14.5. The summed E-state index contributed by atoms with van der Waals surface area (Å²) in [4.78, 5) is 20.4. The van der Waals surface area contributed by atoms with E-state index >= 15 is 0 Å². The number of tetrazole rings is 1. The lowest BCUT2D eigenvalue weighted by Crippen LogP contribution is -2.40. The standard InChI is InChI=1S/C15H22N8O2/c1-10-16-14(18-25-10)8-22(11(2)24)13-5-6-21(7-13)9-15-17-19-20-23(15)12-3-4-12/h12-13H,3-9H2,1-2H3/t13-/m0/s1. The normalized spacial score (nSPS) is 21.0. The van der Waals surface area contributed by atoms with E-state index in [4.69, 9.17) is 4.52 Å². The first-order chi connectivity index (χ1) is 12.1. The van der Waals surface area contributed by atoms with Crippen molar-refractivity contribution >= 4 is 5.91 Å². The zero-order valence-corrected chi connectivity index (χ0v) is 14.5. The van der Waals surface area contributed by atoms with Crippen molar-refractivity contribution in [3.05, 3.63) is 17.5 Å². The molecule has 1 saturated carbocycles. The molecule has 0 bridgehead atoms. The third-order valence-electron chi connectivity index (χ3n) is 4.79. The van der Waals surface area contributed by atoms with Gasteiger partial charge in [-0.05, 0) is 29.7 Å². The maximum Gasteiger partial charge on any atom is 0.223 e. The van der Waals surface area contributed by atoms with Gasteiger partial charge in [0.2, 0.25) is 11.8 Å². The summed E-state index contributed by atoms with van der Waals surface area (Å²) in [6.07, 6.45) is 3.23. The molecule has 1 amide bonds. The predicted octanol–water partition coefficient (Wildman–Crippen LogP) is 0.322. The molecule has 0 N–H and O–H groups in total. The number of aryl methyl sites for hydroxylation is 1. The second-order valence-electron chi connectivity index (χ2n) is 6.83. The summed E-state index contributed by atoms with van der Waals surface area (Å²) in [5, 5.41) is 16.0. The van der Waals surface area contributed by atoms with Gasteiger partial charge in [0.25, 0.3) is 0 Å². The van der Waals surface area contributed by atoms with E-state index in [1.165, 1.54) is 0 Å². The third-order valence-corrected chi connectivity index (χ3v) is 4.79. The summed E-state index contributed by atoms with van der Waals surface area (Å²) >= 11 is 0. The Hall–Kier alpha value is -2.36. The number of hydrogen-bond acceptors (Lipinski definition) is 8. The van der Waals surface area contributed by atoms with Crippen molar-refractivity contribution in [1.82, 2.24) is 40.1 Å². The summed E-state index contributed by atoms with van der Waals surface area (Å²) in [5.41, 5.74) is 0. The number of rotatable bonds is 6. The van der Waals surface area contributed by atoms with E-state index in [-0.39, 0.29) is 11.9 Å². The van der Waals surface area contributed by atoms with Crippen molar-refractivity contribution in [1.29, 1.82) is 0 Å². The average Bonchev–Trinajstić information content (AvgIpc) is 2.96. The van der Waals surface area contributed by atoms with Gasteiger partial charge in [-0.1, -0.05) is 5.16 Å². The molecule has 1 atom stereocenters. The van der Waals surface area contributed by atoms with Crippen LogP contribution in [0.2, 0.25) is 0 Å². The number of hydrogen-bond donors (Lipinski definition) is 0. The van der Waals surface area contributed by atoms with Crippen LogP contribution >= 0.6 is 0 Å². The smallest absolute Gasteiger partial charge is 0.223 e. The van der Waals surface area contributed by atoms with Crippen molar-refractivity contribution in [2.45, 2.75) is 58.3 Å². The predicted molar refractivity (Wildman–Crippen MR) is 85.0 cm³/mol. The highest BCUT2D eigenvalue weighted by molar-refractivity contribution is 5.73. The lowest BCUT2D eigenvalue weighted by atomic mass is 10.2. The Bertz CT molecular complexity index is 752. The number of carbonyl (C=O) groups excluding carboxylic acids is 1. The molecule has 2 aromatic rings. The largest absolute Gasteiger partial charge is 0.340 e. The highest BCUT2D eigenvalue weighted by Gasteiger charge is 2.33. The zero-order chi connectivity index (χ0) is 17.4. The van der Waals surface area contributed by atoms with Gasteiger partial charge in [-0.15, -0.1) is 5.10 Å². The minimum absolute atomic E-state index is 0.0251. The van der Waals surface area contributed by atoms with Crippen molar-refractivity contribution in [3.63, 3.8) is 0 Å². The number of amides is 1. The van der Waals surface area contributed by atoms with Gasteiger partial charge in [-0.25, -0.2) is 4.68 Å². The lowest BCUT2D eigenvalue weighted by molar-refractivity contribution is -0.131. The quantitative estimate of drug-likeness (QED) is 0.736. The molecule has 0 radical (unpaired) electrons. The fourth-order valence-corrected chi connectivity index (χ4v) is 3.38. The summed E-state index contributed by atoms with van der Waals surface area (Å²) in [5.74, 6) is 1.99. The highest BCUT2D eigenvalue weighted by atomic mass is 16.5. The van der Waals surface area contributed by atoms with Crippen LogP contribution in [-0.2, 0) is 17.9 Å². The average molecular weight is 346 g/mol. The van der Waals surface area contributed by atoms with Gasteiger partial charge in [0, 0.05) is 33.0 Å². The molecule has 25 heavy (non-hydrogen) atoms. The second kappa shape index (κ2) is 6.51. The van der Waals surface area contributed by atoms with E-state index in [9.17, 15) is 4.79 Å². The van der Waals surface area contributed by atoms with Crippen molar-refractivity contribution in [3.8, 4) is 0 Å². The number of nitrogens with zero attached hydrogens (tertiary/aromatic N) is 8. The Kier molecular flexibility index (Phi) is 4.20. The van der Waals surface area contributed by atoms with Crippen LogP contribution < -0.4 is 0 Å². The van der Waals surface area contributed by atoms with Gasteiger partial charge in [-0.3, -0.25) is 9.69 Å². The van der Waals surface area contributed by atoms with Gasteiger partial charge in [0.1, 0.15) is 0 Å². The van der Waals surface area contributed by atoms with E-state index in [1.54, 1.807) is 13.8 Å². The summed E-state index contributed by atoms with van der Waals surface area (Å²) in [7, 11) is 0. The molecule has 2 fully saturated rings. The van der Waals surface area contributed by atoms with Crippen LogP contribution in [0.15, 0.2) is 4.52 Å². The number of likely N-dealkylation sites (tertiary alicyclic amines) is 1. The molecular weight excluding hydrogens is 324 g/mol. The van der Waals surface area contributed by atoms with Gasteiger partial charge in [-0.2, -0.15) is 4.98 Å². The van der Waals surface area contributed by atoms with Gasteiger partial charge in [0.05, 0.1) is 19.1 Å². The fraction of sp³-hybridized carbons (Fsp3) is 0.733. The maximum atomic E-state index is 12.1. The molecule has 3 heterocycles. The Morgan fingerprint density at radius 3 is 2.88 bits per heavy atom. The Morgan fingerprint density at radius 1 is 1.36 bits per heavy atom. The molecule has 4 rings (SSSR count). The van der Waals surface area contributed by atoms with Crippen molar-refractivity contribution < 1.29 is 9.32 Å². The van der Waals surface area contributed by atoms with Crippen LogP contribution in [0.25, 0.3) is 0 Å². The van der Waals surface area contributed by atoms with Crippen LogP contribution in [0, 0.1) is 6.92 Å². The first kappa shape index (κ1) is 16.1.